The Morgan fingerprint density at radius 1 is 1.17 bits per heavy atom. The highest BCUT2D eigenvalue weighted by atomic mass is 19.4. The number of aromatic hydroxyl groups is 1. The van der Waals surface area contributed by atoms with Gasteiger partial charge < -0.3 is 30.5 Å². The van der Waals surface area contributed by atoms with Gasteiger partial charge in [0.2, 0.25) is 11.7 Å². The molecule has 192 valence electrons. The van der Waals surface area contributed by atoms with E-state index in [0.29, 0.717) is 12.8 Å². The predicted octanol–water partition coefficient (Wildman–Crippen LogP) is 0.920. The van der Waals surface area contributed by atoms with Crippen LogP contribution in [-0.4, -0.2) is 71.2 Å². The molecule has 1 aromatic carbocycles. The van der Waals surface area contributed by atoms with Gasteiger partial charge in [-0.3, -0.25) is 9.59 Å². The molecule has 3 atom stereocenters. The Labute approximate surface area is 198 Å². The van der Waals surface area contributed by atoms with Gasteiger partial charge in [-0.25, -0.2) is 9.59 Å². The van der Waals surface area contributed by atoms with Crippen molar-refractivity contribution in [2.45, 2.75) is 51.1 Å². The number of hydrogen-bond acceptors (Lipinski definition) is 8. The van der Waals surface area contributed by atoms with E-state index in [2.05, 4.69) is 10.1 Å². The molecule has 10 nitrogen and oxygen atoms in total. The van der Waals surface area contributed by atoms with Crippen molar-refractivity contribution in [2.24, 2.45) is 5.73 Å². The molecule has 35 heavy (non-hydrogen) atoms. The molecule has 0 bridgehead atoms. The summed E-state index contributed by atoms with van der Waals surface area (Å²) in [5.74, 6) is -6.55. The molecule has 0 saturated heterocycles. The van der Waals surface area contributed by atoms with E-state index >= 15 is 0 Å². The molecule has 0 radical (unpaired) electrons. The Hall–Kier alpha value is -3.61. The molecule has 2 rings (SSSR count). The van der Waals surface area contributed by atoms with Crippen molar-refractivity contribution in [3.05, 3.63) is 41.7 Å². The van der Waals surface area contributed by atoms with E-state index in [-0.39, 0.29) is 18.8 Å². The van der Waals surface area contributed by atoms with E-state index < -0.39 is 53.9 Å². The molecule has 1 aromatic rings. The topological polar surface area (TPSA) is 148 Å². The molecule has 13 heteroatoms. The number of carbonyl (C=O) groups excluding carboxylic acids is 4. The first-order chi connectivity index (χ1) is 16.3. The van der Waals surface area contributed by atoms with Crippen LogP contribution in [0.25, 0.3) is 0 Å². The van der Waals surface area contributed by atoms with Crippen molar-refractivity contribution >= 4 is 23.8 Å². The molecular weight excluding hydrogens is 475 g/mol. The smallest absolute Gasteiger partial charge is 0.491 e. The molecule has 0 spiro atoms. The van der Waals surface area contributed by atoms with Crippen molar-refractivity contribution < 1.29 is 46.9 Å². The minimum Gasteiger partial charge on any atom is -0.508 e. The van der Waals surface area contributed by atoms with Crippen molar-refractivity contribution in [1.82, 2.24) is 10.2 Å². The first-order valence-electron chi connectivity index (χ1n) is 10.6. The maximum absolute atomic E-state index is 13.4. The van der Waals surface area contributed by atoms with Gasteiger partial charge in [0.1, 0.15) is 5.75 Å². The summed E-state index contributed by atoms with van der Waals surface area (Å²) in [6, 6.07) is 3.95. The van der Waals surface area contributed by atoms with E-state index in [1.54, 1.807) is 12.1 Å². The molecule has 2 amide bonds. The molecule has 0 saturated carbocycles. The standard InChI is InChI=1S/C22H26F3N3O7/c1-3-9-28(10-8-13-4-6-14(30)7-5-13)19(31)18-17(27-12(2)29)15(26)11-16(34-18)20(32)35-21(33)22(23,24)25/h4-7,11,15,17-18,30H,3,8-10,26H2,1-2H3,(H,27,29)/t15-,17+,18+/m0/s1. The number of nitrogens with two attached hydrogens (primary N) is 1. The Morgan fingerprint density at radius 2 is 1.80 bits per heavy atom. The Morgan fingerprint density at radius 3 is 2.34 bits per heavy atom. The summed E-state index contributed by atoms with van der Waals surface area (Å²) < 4.78 is 46.5. The van der Waals surface area contributed by atoms with Gasteiger partial charge in [0.05, 0.1) is 12.1 Å². The van der Waals surface area contributed by atoms with Crippen LogP contribution in [0.5, 0.6) is 5.75 Å². The van der Waals surface area contributed by atoms with Crippen molar-refractivity contribution in [3.63, 3.8) is 0 Å². The first-order valence-corrected chi connectivity index (χ1v) is 10.6. The van der Waals surface area contributed by atoms with Crippen LogP contribution in [-0.2, 0) is 35.1 Å². The van der Waals surface area contributed by atoms with Crippen LogP contribution in [0.4, 0.5) is 13.2 Å². The van der Waals surface area contributed by atoms with Gasteiger partial charge in [0, 0.05) is 20.0 Å². The van der Waals surface area contributed by atoms with Gasteiger partial charge in [0.15, 0.2) is 6.10 Å². The molecule has 0 fully saturated rings. The maximum Gasteiger partial charge on any atom is 0.491 e. The number of benzene rings is 1. The molecule has 0 aromatic heterocycles. The minimum absolute atomic E-state index is 0.0770. The van der Waals surface area contributed by atoms with Crippen LogP contribution in [0.1, 0.15) is 25.8 Å². The number of phenolic OH excluding ortho intramolecular Hbond substituents is 1. The largest absolute Gasteiger partial charge is 0.508 e. The van der Waals surface area contributed by atoms with Gasteiger partial charge in [0.25, 0.3) is 5.91 Å². The van der Waals surface area contributed by atoms with Crippen molar-refractivity contribution in [2.75, 3.05) is 13.1 Å². The van der Waals surface area contributed by atoms with Crippen LogP contribution in [0.3, 0.4) is 0 Å². The molecule has 1 aliphatic rings. The molecule has 1 aliphatic heterocycles. The number of phenols is 1. The third kappa shape index (κ3) is 7.70. The number of alkyl halides is 3. The summed E-state index contributed by atoms with van der Waals surface area (Å²) in [6.45, 7) is 3.42. The van der Waals surface area contributed by atoms with Gasteiger partial charge in [-0.1, -0.05) is 19.1 Å². The van der Waals surface area contributed by atoms with Gasteiger partial charge >= 0.3 is 18.1 Å². The van der Waals surface area contributed by atoms with Crippen molar-refractivity contribution in [1.29, 1.82) is 0 Å². The predicted molar refractivity (Wildman–Crippen MR) is 114 cm³/mol. The van der Waals surface area contributed by atoms with E-state index in [1.165, 1.54) is 24.0 Å². The Kier molecular flexibility index (Phi) is 9.23. The number of amides is 2. The second-order valence-electron chi connectivity index (χ2n) is 7.79. The minimum atomic E-state index is -5.42. The maximum atomic E-state index is 13.4. The lowest BCUT2D eigenvalue weighted by molar-refractivity contribution is -0.202. The van der Waals surface area contributed by atoms with Gasteiger partial charge in [-0.15, -0.1) is 0 Å². The normalized spacial score (nSPS) is 19.7. The van der Waals surface area contributed by atoms with Crippen LogP contribution in [0.15, 0.2) is 36.1 Å². The lowest BCUT2D eigenvalue weighted by Crippen LogP contribution is -2.61. The zero-order valence-corrected chi connectivity index (χ0v) is 19.0. The lowest BCUT2D eigenvalue weighted by atomic mass is 9.97. The number of rotatable bonds is 8. The number of hydrogen-bond donors (Lipinski definition) is 3. The number of ether oxygens (including phenoxy) is 2. The third-order valence-corrected chi connectivity index (χ3v) is 4.98. The highest BCUT2D eigenvalue weighted by Gasteiger charge is 2.46. The van der Waals surface area contributed by atoms with Crippen LogP contribution in [0.2, 0.25) is 0 Å². The van der Waals surface area contributed by atoms with Gasteiger partial charge in [-0.2, -0.15) is 13.2 Å². The van der Waals surface area contributed by atoms with Crippen molar-refractivity contribution in [3.8, 4) is 5.75 Å². The summed E-state index contributed by atoms with van der Waals surface area (Å²) in [5, 5.41) is 11.9. The summed E-state index contributed by atoms with van der Waals surface area (Å²) in [5.41, 5.74) is 6.78. The molecule has 0 unspecified atom stereocenters. The molecule has 0 aliphatic carbocycles. The highest BCUT2D eigenvalue weighted by Crippen LogP contribution is 2.23. The monoisotopic (exact) mass is 501 g/mol. The zero-order chi connectivity index (χ0) is 26.3. The lowest BCUT2D eigenvalue weighted by Gasteiger charge is -2.37. The van der Waals surface area contributed by atoms with Crippen LogP contribution in [0, 0.1) is 0 Å². The SMILES string of the molecule is CCCN(CCc1ccc(O)cc1)C(=O)[C@@H]1OC(C(=O)OC(=O)C(F)(F)F)=C[C@H](N)[C@H]1NC(C)=O. The average Bonchev–Trinajstić information content (AvgIpc) is 2.77. The van der Waals surface area contributed by atoms with E-state index in [9.17, 15) is 37.5 Å². The number of nitrogens with zero attached hydrogens (tertiary/aromatic N) is 1. The number of halogens is 3. The zero-order valence-electron chi connectivity index (χ0n) is 19.0. The Balaban J connectivity index is 2.26. The number of esters is 2. The summed E-state index contributed by atoms with van der Waals surface area (Å²) in [4.78, 5) is 49.6. The number of carbonyl (C=O) groups is 4. The quantitative estimate of drug-likeness (QED) is 0.352. The Bertz CT molecular complexity index is 980. The van der Waals surface area contributed by atoms with Gasteiger partial charge in [-0.05, 0) is 36.6 Å². The average molecular weight is 501 g/mol. The summed E-state index contributed by atoms with van der Waals surface area (Å²) >= 11 is 0. The molecule has 1 heterocycles. The van der Waals surface area contributed by atoms with Crippen LogP contribution >= 0.6 is 0 Å². The van der Waals surface area contributed by atoms with E-state index in [4.69, 9.17) is 10.5 Å². The fraction of sp³-hybridized carbons (Fsp3) is 0.455. The second kappa shape index (κ2) is 11.7. The molecular formula is C22H26F3N3O7. The van der Waals surface area contributed by atoms with Crippen LogP contribution < -0.4 is 11.1 Å². The first kappa shape index (κ1) is 27.6. The highest BCUT2D eigenvalue weighted by molar-refractivity contribution is 5.97. The molecule has 4 N–H and O–H groups in total. The van der Waals surface area contributed by atoms with E-state index in [0.717, 1.165) is 11.6 Å². The third-order valence-electron chi connectivity index (χ3n) is 4.98. The fourth-order valence-electron chi connectivity index (χ4n) is 3.36. The second-order valence-corrected chi connectivity index (χ2v) is 7.79. The number of nitrogens with one attached hydrogen (secondary N) is 1. The van der Waals surface area contributed by atoms with E-state index in [1.807, 2.05) is 6.92 Å². The fourth-order valence-corrected chi connectivity index (χ4v) is 3.36. The summed E-state index contributed by atoms with van der Waals surface area (Å²) in [7, 11) is 0. The summed E-state index contributed by atoms with van der Waals surface area (Å²) in [6.07, 6.45) is -5.20.